The summed E-state index contributed by atoms with van der Waals surface area (Å²) in [5, 5.41) is 0. The van der Waals surface area contributed by atoms with Crippen molar-refractivity contribution in [2.45, 2.75) is 26.2 Å². The van der Waals surface area contributed by atoms with Crippen molar-refractivity contribution in [3.8, 4) is 0 Å². The standard InChI is InChI=1S/C15H20N2/c1-13-4-5-15-14(7-11-17(15)12-13)6-10-16-8-2-3-9-16/h4-5,7,11-12H,2-3,6,8-10H2,1H3. The van der Waals surface area contributed by atoms with Gasteiger partial charge in [-0.25, -0.2) is 0 Å². The highest BCUT2D eigenvalue weighted by Gasteiger charge is 2.11. The first-order valence-corrected chi connectivity index (χ1v) is 6.61. The van der Waals surface area contributed by atoms with Crippen molar-refractivity contribution in [3.63, 3.8) is 0 Å². The topological polar surface area (TPSA) is 7.65 Å². The molecule has 0 atom stereocenters. The number of nitrogens with zero attached hydrogens (tertiary/aromatic N) is 2. The molecule has 17 heavy (non-hydrogen) atoms. The predicted molar refractivity (Wildman–Crippen MR) is 71.5 cm³/mol. The van der Waals surface area contributed by atoms with E-state index in [1.165, 1.54) is 55.5 Å². The smallest absolute Gasteiger partial charge is 0.0482 e. The van der Waals surface area contributed by atoms with Crippen LogP contribution in [0.1, 0.15) is 24.0 Å². The fourth-order valence-electron chi connectivity index (χ4n) is 2.78. The second-order valence-corrected chi connectivity index (χ2v) is 5.14. The van der Waals surface area contributed by atoms with E-state index in [1.54, 1.807) is 0 Å². The van der Waals surface area contributed by atoms with Gasteiger partial charge in [0.05, 0.1) is 0 Å². The number of hydrogen-bond acceptors (Lipinski definition) is 1. The molecule has 3 rings (SSSR count). The van der Waals surface area contributed by atoms with Gasteiger partial charge in [0.25, 0.3) is 0 Å². The molecule has 0 bridgehead atoms. The SMILES string of the molecule is Cc1ccc2c(CCN3CCCC3)ccn2c1. The van der Waals surface area contributed by atoms with Crippen molar-refractivity contribution in [2.75, 3.05) is 19.6 Å². The Hall–Kier alpha value is -1.28. The Bertz CT molecular complexity index is 507. The van der Waals surface area contributed by atoms with Crippen LogP contribution in [0.3, 0.4) is 0 Å². The third-order valence-electron chi connectivity index (χ3n) is 3.79. The molecule has 1 fully saturated rings. The van der Waals surface area contributed by atoms with E-state index in [0.29, 0.717) is 0 Å². The molecule has 1 saturated heterocycles. The van der Waals surface area contributed by atoms with Gasteiger partial charge >= 0.3 is 0 Å². The van der Waals surface area contributed by atoms with Gasteiger partial charge < -0.3 is 9.30 Å². The van der Waals surface area contributed by atoms with E-state index in [0.717, 1.165) is 0 Å². The van der Waals surface area contributed by atoms with Crippen LogP contribution in [-0.2, 0) is 6.42 Å². The van der Waals surface area contributed by atoms with Gasteiger partial charge in [0.1, 0.15) is 0 Å². The highest BCUT2D eigenvalue weighted by atomic mass is 15.1. The average molecular weight is 228 g/mol. The average Bonchev–Trinajstić information content (AvgIpc) is 2.94. The van der Waals surface area contributed by atoms with Crippen LogP contribution in [0.15, 0.2) is 30.6 Å². The van der Waals surface area contributed by atoms with Crippen molar-refractivity contribution in [2.24, 2.45) is 0 Å². The predicted octanol–water partition coefficient (Wildman–Crippen LogP) is 2.89. The van der Waals surface area contributed by atoms with E-state index in [9.17, 15) is 0 Å². The van der Waals surface area contributed by atoms with Crippen LogP contribution in [-0.4, -0.2) is 28.9 Å². The molecule has 2 heteroatoms. The molecule has 0 radical (unpaired) electrons. The zero-order valence-corrected chi connectivity index (χ0v) is 10.5. The van der Waals surface area contributed by atoms with Crippen LogP contribution in [0.4, 0.5) is 0 Å². The molecule has 3 heterocycles. The zero-order valence-electron chi connectivity index (χ0n) is 10.5. The number of aryl methyl sites for hydroxylation is 1. The highest BCUT2D eigenvalue weighted by molar-refractivity contribution is 5.56. The minimum absolute atomic E-state index is 1.18. The summed E-state index contributed by atoms with van der Waals surface area (Å²) in [5.74, 6) is 0. The first kappa shape index (κ1) is 10.8. The van der Waals surface area contributed by atoms with Crippen molar-refractivity contribution < 1.29 is 0 Å². The molecule has 2 aromatic heterocycles. The summed E-state index contributed by atoms with van der Waals surface area (Å²) in [7, 11) is 0. The van der Waals surface area contributed by atoms with Crippen LogP contribution in [0.5, 0.6) is 0 Å². The molecule has 2 aromatic rings. The van der Waals surface area contributed by atoms with E-state index in [-0.39, 0.29) is 0 Å². The van der Waals surface area contributed by atoms with Crippen molar-refractivity contribution in [3.05, 3.63) is 41.7 Å². The van der Waals surface area contributed by atoms with E-state index < -0.39 is 0 Å². The lowest BCUT2D eigenvalue weighted by atomic mass is 10.2. The molecule has 0 amide bonds. The summed E-state index contributed by atoms with van der Waals surface area (Å²) in [6, 6.07) is 6.72. The molecule has 0 aromatic carbocycles. The summed E-state index contributed by atoms with van der Waals surface area (Å²) < 4.78 is 2.24. The molecular weight excluding hydrogens is 208 g/mol. The fraction of sp³-hybridized carbons (Fsp3) is 0.467. The maximum absolute atomic E-state index is 2.58. The summed E-state index contributed by atoms with van der Waals surface area (Å²) in [5.41, 5.74) is 4.17. The monoisotopic (exact) mass is 228 g/mol. The Morgan fingerprint density at radius 3 is 2.76 bits per heavy atom. The Morgan fingerprint density at radius 1 is 1.12 bits per heavy atom. The minimum atomic E-state index is 1.18. The second kappa shape index (κ2) is 4.53. The molecule has 0 N–H and O–H groups in total. The number of aromatic nitrogens is 1. The molecule has 1 aliphatic heterocycles. The second-order valence-electron chi connectivity index (χ2n) is 5.14. The normalized spacial score (nSPS) is 17.0. The van der Waals surface area contributed by atoms with Crippen LogP contribution in [0, 0.1) is 6.92 Å². The number of pyridine rings is 1. The molecule has 90 valence electrons. The number of fused-ring (bicyclic) bond motifs is 1. The van der Waals surface area contributed by atoms with Gasteiger partial charge in [-0.2, -0.15) is 0 Å². The molecule has 1 aliphatic rings. The first-order chi connectivity index (χ1) is 8.33. The van der Waals surface area contributed by atoms with Gasteiger partial charge in [0, 0.05) is 24.5 Å². The Labute approximate surface area is 103 Å². The summed E-state index contributed by atoms with van der Waals surface area (Å²) in [6.07, 6.45) is 8.33. The molecule has 0 saturated carbocycles. The van der Waals surface area contributed by atoms with Gasteiger partial charge in [0.2, 0.25) is 0 Å². The Kier molecular flexibility index (Phi) is 2.89. The quantitative estimate of drug-likeness (QED) is 0.784. The van der Waals surface area contributed by atoms with Gasteiger partial charge in [0.15, 0.2) is 0 Å². The first-order valence-electron chi connectivity index (χ1n) is 6.61. The largest absolute Gasteiger partial charge is 0.323 e. The van der Waals surface area contributed by atoms with E-state index in [1.807, 2.05) is 0 Å². The van der Waals surface area contributed by atoms with Crippen molar-refractivity contribution in [1.29, 1.82) is 0 Å². The third kappa shape index (κ3) is 2.22. The molecule has 2 nitrogen and oxygen atoms in total. The number of rotatable bonds is 3. The number of hydrogen-bond donors (Lipinski definition) is 0. The van der Waals surface area contributed by atoms with E-state index in [2.05, 4.69) is 46.8 Å². The lowest BCUT2D eigenvalue weighted by Crippen LogP contribution is -2.21. The Balaban J connectivity index is 1.76. The Morgan fingerprint density at radius 2 is 1.94 bits per heavy atom. The van der Waals surface area contributed by atoms with Crippen molar-refractivity contribution >= 4 is 5.52 Å². The lowest BCUT2D eigenvalue weighted by Gasteiger charge is -2.13. The van der Waals surface area contributed by atoms with Gasteiger partial charge in [-0.1, -0.05) is 6.07 Å². The van der Waals surface area contributed by atoms with Crippen LogP contribution < -0.4 is 0 Å². The minimum Gasteiger partial charge on any atom is -0.323 e. The maximum atomic E-state index is 2.58. The zero-order chi connectivity index (χ0) is 11.7. The molecular formula is C15H20N2. The van der Waals surface area contributed by atoms with E-state index in [4.69, 9.17) is 0 Å². The van der Waals surface area contributed by atoms with Gasteiger partial charge in [-0.15, -0.1) is 0 Å². The number of likely N-dealkylation sites (tertiary alicyclic amines) is 1. The lowest BCUT2D eigenvalue weighted by molar-refractivity contribution is 0.344. The molecule has 0 unspecified atom stereocenters. The summed E-state index contributed by atoms with van der Waals surface area (Å²) in [4.78, 5) is 2.58. The summed E-state index contributed by atoms with van der Waals surface area (Å²) in [6.45, 7) is 5.95. The fourth-order valence-corrected chi connectivity index (χ4v) is 2.78. The highest BCUT2D eigenvalue weighted by Crippen LogP contribution is 2.16. The van der Waals surface area contributed by atoms with Gasteiger partial charge in [-0.05, 0) is 62.5 Å². The van der Waals surface area contributed by atoms with Crippen LogP contribution >= 0.6 is 0 Å². The van der Waals surface area contributed by atoms with Crippen molar-refractivity contribution in [1.82, 2.24) is 9.30 Å². The van der Waals surface area contributed by atoms with Gasteiger partial charge in [-0.3, -0.25) is 0 Å². The third-order valence-corrected chi connectivity index (χ3v) is 3.79. The van der Waals surface area contributed by atoms with Crippen LogP contribution in [0.25, 0.3) is 5.52 Å². The van der Waals surface area contributed by atoms with E-state index >= 15 is 0 Å². The molecule has 0 aliphatic carbocycles. The van der Waals surface area contributed by atoms with Crippen LogP contribution in [0.2, 0.25) is 0 Å². The molecule has 0 spiro atoms. The summed E-state index contributed by atoms with van der Waals surface area (Å²) >= 11 is 0. The maximum Gasteiger partial charge on any atom is 0.0482 e.